The number of aliphatic hydroxyl groups excluding tert-OH is 3. The smallest absolute Gasteiger partial charge is 0.237 e. The Kier molecular flexibility index (Phi) is 12.9. The van der Waals surface area contributed by atoms with Gasteiger partial charge in [-0.25, -0.2) is 0 Å². The molecule has 2 fully saturated rings. The number of likely N-dealkylation sites (N-methyl/N-ethyl adjacent to an activating group) is 2. The first-order chi connectivity index (χ1) is 18.5. The first kappa shape index (κ1) is 32.7. The van der Waals surface area contributed by atoms with Crippen molar-refractivity contribution in [2.75, 3.05) is 40.5 Å². The lowest BCUT2D eigenvalue weighted by atomic mass is 9.87. The zero-order chi connectivity index (χ0) is 28.7. The number of benzene rings is 1. The van der Waals surface area contributed by atoms with Gasteiger partial charge in [-0.15, -0.1) is 23.5 Å². The molecule has 0 saturated carbocycles. The number of piperidine rings is 1. The van der Waals surface area contributed by atoms with Crippen LogP contribution in [0.1, 0.15) is 45.1 Å². The van der Waals surface area contributed by atoms with Gasteiger partial charge in [-0.05, 0) is 76.8 Å². The van der Waals surface area contributed by atoms with Crippen LogP contribution in [-0.2, 0) is 16.0 Å². The van der Waals surface area contributed by atoms with Gasteiger partial charge >= 0.3 is 0 Å². The van der Waals surface area contributed by atoms with Gasteiger partial charge in [0.05, 0.1) is 12.1 Å². The van der Waals surface area contributed by atoms with E-state index in [1.165, 1.54) is 17.3 Å². The van der Waals surface area contributed by atoms with Crippen LogP contribution in [0, 0.1) is 5.92 Å². The van der Waals surface area contributed by atoms with Gasteiger partial charge in [0.15, 0.2) is 0 Å². The van der Waals surface area contributed by atoms with Crippen molar-refractivity contribution in [1.29, 1.82) is 0 Å². The maximum atomic E-state index is 13.7. The number of rotatable bonds is 12. The van der Waals surface area contributed by atoms with E-state index in [0.29, 0.717) is 5.92 Å². The minimum Gasteiger partial charge on any atom is -0.388 e. The molecule has 8 nitrogen and oxygen atoms in total. The van der Waals surface area contributed by atoms with Crippen molar-refractivity contribution in [3.8, 4) is 0 Å². The summed E-state index contributed by atoms with van der Waals surface area (Å²) >= 11 is 2.89. The third-order valence-corrected chi connectivity index (χ3v) is 10.1. The molecule has 2 aliphatic heterocycles. The second kappa shape index (κ2) is 15.4. The largest absolute Gasteiger partial charge is 0.388 e. The summed E-state index contributed by atoms with van der Waals surface area (Å²) in [7, 11) is 6.12. The van der Waals surface area contributed by atoms with Gasteiger partial charge in [-0.3, -0.25) is 9.69 Å². The lowest BCUT2D eigenvalue weighted by Crippen LogP contribution is -2.65. The van der Waals surface area contributed by atoms with Crippen LogP contribution in [0.4, 0.5) is 0 Å². The predicted molar refractivity (Wildman–Crippen MR) is 160 cm³/mol. The summed E-state index contributed by atoms with van der Waals surface area (Å²) in [4.78, 5) is 19.1. The van der Waals surface area contributed by atoms with Crippen LogP contribution in [0.5, 0.6) is 0 Å². The van der Waals surface area contributed by atoms with E-state index in [2.05, 4.69) is 60.4 Å². The molecule has 9 atom stereocenters. The topological polar surface area (TPSA) is 106 Å². The van der Waals surface area contributed by atoms with Gasteiger partial charge in [0.2, 0.25) is 5.91 Å². The second-order valence-electron chi connectivity index (χ2n) is 11.4. The molecule has 0 bridgehead atoms. The highest BCUT2D eigenvalue weighted by Crippen LogP contribution is 2.34. The highest BCUT2D eigenvalue weighted by molar-refractivity contribution is 8.00. The van der Waals surface area contributed by atoms with E-state index in [9.17, 15) is 20.1 Å². The molecule has 0 aliphatic carbocycles. The predicted octanol–water partition coefficient (Wildman–Crippen LogP) is 2.44. The Balaban J connectivity index is 1.80. The molecule has 0 radical (unpaired) electrons. The number of carbonyl (C=O) groups excluding carboxylic acids is 1. The molecule has 2 aliphatic rings. The minimum absolute atomic E-state index is 0.0769. The molecule has 1 amide bonds. The van der Waals surface area contributed by atoms with Gasteiger partial charge in [0, 0.05) is 16.7 Å². The van der Waals surface area contributed by atoms with E-state index in [0.717, 1.165) is 50.1 Å². The number of nitrogens with zero attached hydrogens (tertiary/aromatic N) is 2. The van der Waals surface area contributed by atoms with Crippen molar-refractivity contribution < 1.29 is 24.9 Å². The Morgan fingerprint density at radius 1 is 1.18 bits per heavy atom. The van der Waals surface area contributed by atoms with E-state index >= 15 is 0 Å². The zero-order valence-electron chi connectivity index (χ0n) is 24.3. The first-order valence-corrected chi connectivity index (χ1v) is 16.4. The zero-order valence-corrected chi connectivity index (χ0v) is 26.0. The third-order valence-electron chi connectivity index (χ3n) is 8.08. The Bertz CT molecular complexity index is 890. The summed E-state index contributed by atoms with van der Waals surface area (Å²) in [6.07, 6.45) is 2.11. The van der Waals surface area contributed by atoms with Crippen molar-refractivity contribution in [3.05, 3.63) is 29.8 Å². The van der Waals surface area contributed by atoms with E-state index in [-0.39, 0.29) is 17.2 Å². The Morgan fingerprint density at radius 3 is 2.49 bits per heavy atom. The highest BCUT2D eigenvalue weighted by Gasteiger charge is 2.48. The van der Waals surface area contributed by atoms with Crippen molar-refractivity contribution >= 4 is 29.4 Å². The van der Waals surface area contributed by atoms with Gasteiger partial charge in [-0.1, -0.05) is 38.8 Å². The van der Waals surface area contributed by atoms with E-state index < -0.39 is 35.9 Å². The minimum atomic E-state index is -1.36. The summed E-state index contributed by atoms with van der Waals surface area (Å²) < 4.78 is 6.16. The number of hydrogen-bond acceptors (Lipinski definition) is 9. The van der Waals surface area contributed by atoms with Crippen LogP contribution in [0.3, 0.4) is 0 Å². The first-order valence-electron chi connectivity index (χ1n) is 14.2. The molecular weight excluding hydrogens is 534 g/mol. The summed E-state index contributed by atoms with van der Waals surface area (Å²) in [6.45, 7) is 6.05. The van der Waals surface area contributed by atoms with E-state index in [1.54, 1.807) is 18.0 Å². The fourth-order valence-electron chi connectivity index (χ4n) is 5.60. The molecule has 1 unspecified atom stereocenters. The number of carbonyl (C=O) groups is 1. The van der Waals surface area contributed by atoms with Gasteiger partial charge in [-0.2, -0.15) is 0 Å². The van der Waals surface area contributed by atoms with Crippen LogP contribution in [0.25, 0.3) is 0 Å². The molecule has 39 heavy (non-hydrogen) atoms. The number of likely N-dealkylation sites (tertiary alicyclic amines) is 1. The molecule has 2 saturated heterocycles. The molecule has 2 heterocycles. The molecule has 4 N–H and O–H groups in total. The lowest BCUT2D eigenvalue weighted by molar-refractivity contribution is -0.205. The van der Waals surface area contributed by atoms with Gasteiger partial charge in [0.25, 0.3) is 0 Å². The fourth-order valence-corrected chi connectivity index (χ4v) is 7.37. The molecular formula is C29H49N3O5S2. The summed E-state index contributed by atoms with van der Waals surface area (Å²) in [5.74, 6) is 0.444. The number of thioether (sulfide) groups is 2. The SMILES string of the molecule is CCC[C@@H]1CCN(C)[C@H](C(=O)N[C@H](C2O[C@H](SC)[C@H](O)[C@@H](O)[C@H]2O)[C@H](C)Sc2ccc(CCN(C)C)cc2)C1. The van der Waals surface area contributed by atoms with Crippen LogP contribution >= 0.6 is 23.5 Å². The molecule has 3 rings (SSSR count). The summed E-state index contributed by atoms with van der Waals surface area (Å²) in [6, 6.07) is 7.62. The van der Waals surface area contributed by atoms with Gasteiger partial charge in [0.1, 0.15) is 29.9 Å². The van der Waals surface area contributed by atoms with Crippen LogP contribution in [0.2, 0.25) is 0 Å². The normalized spacial score (nSPS) is 31.7. The van der Waals surface area contributed by atoms with Gasteiger partial charge < -0.3 is 30.3 Å². The Hall–Kier alpha value is -0.850. The molecule has 1 aromatic carbocycles. The Labute approximate surface area is 243 Å². The Morgan fingerprint density at radius 2 is 1.87 bits per heavy atom. The average Bonchev–Trinajstić information content (AvgIpc) is 2.91. The van der Waals surface area contributed by atoms with Crippen molar-refractivity contribution in [2.24, 2.45) is 5.92 Å². The number of nitrogens with one attached hydrogen (secondary N) is 1. The fraction of sp³-hybridized carbons (Fsp3) is 0.759. The standard InChI is InChI=1S/C29H49N3O5S2/c1-7-8-20-14-16-32(5)22(17-20)28(36)30-23(27-25(34)24(33)26(35)29(37-27)38-6)18(2)39-21-11-9-19(10-12-21)13-15-31(3)4/h9-12,18,20,22-27,29,33-35H,7-8,13-17H2,1-6H3,(H,30,36)/t18-,20+,22-,23-,24-,25+,26+,27?,29+/m0/s1. The quantitative estimate of drug-likeness (QED) is 0.276. The van der Waals surface area contributed by atoms with E-state index in [1.807, 2.05) is 14.0 Å². The number of aliphatic hydroxyl groups is 3. The highest BCUT2D eigenvalue weighted by atomic mass is 32.2. The number of ether oxygens (including phenoxy) is 1. The number of amides is 1. The second-order valence-corrected chi connectivity index (χ2v) is 13.8. The molecule has 222 valence electrons. The summed E-state index contributed by atoms with van der Waals surface area (Å²) in [5.41, 5.74) is 0.561. The van der Waals surface area contributed by atoms with Crippen LogP contribution in [0.15, 0.2) is 29.2 Å². The van der Waals surface area contributed by atoms with Crippen LogP contribution in [-0.4, -0.2) is 119 Å². The molecule has 0 aromatic heterocycles. The van der Waals surface area contributed by atoms with Crippen LogP contribution < -0.4 is 5.32 Å². The molecule has 10 heteroatoms. The lowest BCUT2D eigenvalue weighted by Gasteiger charge is -2.45. The monoisotopic (exact) mass is 583 g/mol. The van der Waals surface area contributed by atoms with Crippen molar-refractivity contribution in [2.45, 2.75) is 98.0 Å². The third kappa shape index (κ3) is 8.82. The maximum absolute atomic E-state index is 13.7. The molecule has 1 aromatic rings. The van der Waals surface area contributed by atoms with Crippen molar-refractivity contribution in [3.63, 3.8) is 0 Å². The maximum Gasteiger partial charge on any atom is 0.237 e. The van der Waals surface area contributed by atoms with E-state index in [4.69, 9.17) is 4.74 Å². The average molecular weight is 584 g/mol. The van der Waals surface area contributed by atoms with Crippen molar-refractivity contribution in [1.82, 2.24) is 15.1 Å². The number of hydrogen-bond donors (Lipinski definition) is 4. The summed E-state index contributed by atoms with van der Waals surface area (Å²) in [5, 5.41) is 35.2. The molecule has 0 spiro atoms.